The Bertz CT molecular complexity index is 610. The number of fused-ring (bicyclic) bond motifs is 1. The highest BCUT2D eigenvalue weighted by atomic mass is 32.1. The average molecular weight is 304 g/mol. The van der Waals surface area contributed by atoms with E-state index in [-0.39, 0.29) is 0 Å². The van der Waals surface area contributed by atoms with Crippen molar-refractivity contribution in [3.05, 3.63) is 18.2 Å². The van der Waals surface area contributed by atoms with E-state index in [4.69, 9.17) is 9.72 Å². The summed E-state index contributed by atoms with van der Waals surface area (Å²) in [5, 5.41) is 4.71. The number of nitrogens with zero attached hydrogens (tertiary/aromatic N) is 1. The van der Waals surface area contributed by atoms with Crippen LogP contribution in [0.5, 0.6) is 5.75 Å². The van der Waals surface area contributed by atoms with Crippen molar-refractivity contribution in [1.82, 2.24) is 4.98 Å². The van der Waals surface area contributed by atoms with Crippen LogP contribution in [0.3, 0.4) is 0 Å². The molecule has 3 rings (SSSR count). The van der Waals surface area contributed by atoms with Crippen LogP contribution in [0, 0.1) is 11.8 Å². The van der Waals surface area contributed by atoms with Gasteiger partial charge in [0.15, 0.2) is 5.13 Å². The Morgan fingerprint density at radius 1 is 1.33 bits per heavy atom. The summed E-state index contributed by atoms with van der Waals surface area (Å²) in [6.07, 6.45) is 3.89. The first kappa shape index (κ1) is 14.6. The molecule has 1 saturated carbocycles. The summed E-state index contributed by atoms with van der Waals surface area (Å²) >= 11 is 1.73. The van der Waals surface area contributed by atoms with E-state index in [0.29, 0.717) is 12.6 Å². The third-order valence-corrected chi connectivity index (χ3v) is 5.68. The van der Waals surface area contributed by atoms with Crippen LogP contribution in [0.15, 0.2) is 18.2 Å². The fourth-order valence-electron chi connectivity index (χ4n) is 3.41. The van der Waals surface area contributed by atoms with Gasteiger partial charge < -0.3 is 10.1 Å². The van der Waals surface area contributed by atoms with Crippen LogP contribution >= 0.6 is 11.3 Å². The second kappa shape index (κ2) is 6.22. The normalized spacial score (nSPS) is 25.4. The molecule has 0 spiro atoms. The number of hydrogen-bond acceptors (Lipinski definition) is 4. The first-order chi connectivity index (χ1) is 10.2. The Kier molecular flexibility index (Phi) is 4.34. The van der Waals surface area contributed by atoms with Gasteiger partial charge in [-0.05, 0) is 49.8 Å². The number of rotatable bonds is 5. The van der Waals surface area contributed by atoms with Crippen molar-refractivity contribution in [2.45, 2.75) is 46.1 Å². The zero-order valence-electron chi connectivity index (χ0n) is 13.1. The number of aromatic nitrogens is 1. The predicted octanol–water partition coefficient (Wildman–Crippen LogP) is 4.93. The molecule has 1 heterocycles. The highest BCUT2D eigenvalue weighted by Gasteiger charge is 2.31. The van der Waals surface area contributed by atoms with Gasteiger partial charge in [-0.15, -0.1) is 0 Å². The molecule has 21 heavy (non-hydrogen) atoms. The van der Waals surface area contributed by atoms with E-state index in [1.807, 2.05) is 13.0 Å². The van der Waals surface area contributed by atoms with Crippen molar-refractivity contribution in [1.29, 1.82) is 0 Å². The van der Waals surface area contributed by atoms with Crippen LogP contribution in [0.1, 0.15) is 40.0 Å². The zero-order chi connectivity index (χ0) is 14.8. The molecule has 2 aromatic rings. The second-order valence-electron chi connectivity index (χ2n) is 5.94. The van der Waals surface area contributed by atoms with Crippen molar-refractivity contribution < 1.29 is 4.74 Å². The van der Waals surface area contributed by atoms with Crippen LogP contribution in [0.25, 0.3) is 10.2 Å². The van der Waals surface area contributed by atoms with Crippen LogP contribution in [0.2, 0.25) is 0 Å². The maximum atomic E-state index is 5.56. The third kappa shape index (κ3) is 3.00. The fraction of sp³-hybridized carbons (Fsp3) is 0.588. The Hall–Kier alpha value is -1.29. The Morgan fingerprint density at radius 3 is 2.90 bits per heavy atom. The summed E-state index contributed by atoms with van der Waals surface area (Å²) in [7, 11) is 0. The number of ether oxygens (including phenoxy) is 1. The lowest BCUT2D eigenvalue weighted by molar-refractivity contribution is 0.341. The summed E-state index contributed by atoms with van der Waals surface area (Å²) in [5.74, 6) is 2.53. The third-order valence-electron chi connectivity index (χ3n) is 4.73. The number of anilines is 1. The fourth-order valence-corrected chi connectivity index (χ4v) is 4.37. The molecule has 1 aliphatic rings. The molecule has 114 valence electrons. The average Bonchev–Trinajstić information content (AvgIpc) is 3.03. The second-order valence-corrected chi connectivity index (χ2v) is 6.97. The standard InChI is InChI=1S/C17H24N2OS/c1-4-12-6-8-14(11(12)3)18-17-19-15-9-7-13(20-5-2)10-16(15)21-17/h7,9-12,14H,4-6,8H2,1-3H3,(H,18,19). The van der Waals surface area contributed by atoms with E-state index in [0.717, 1.165) is 28.2 Å². The Labute approximate surface area is 130 Å². The van der Waals surface area contributed by atoms with Crippen molar-refractivity contribution in [2.75, 3.05) is 11.9 Å². The van der Waals surface area contributed by atoms with Gasteiger partial charge in [0.05, 0.1) is 16.8 Å². The minimum Gasteiger partial charge on any atom is -0.494 e. The smallest absolute Gasteiger partial charge is 0.184 e. The van der Waals surface area contributed by atoms with Gasteiger partial charge in [0, 0.05) is 6.04 Å². The highest BCUT2D eigenvalue weighted by Crippen LogP contribution is 2.37. The molecular formula is C17H24N2OS. The van der Waals surface area contributed by atoms with E-state index >= 15 is 0 Å². The molecule has 1 aliphatic carbocycles. The molecule has 0 aliphatic heterocycles. The summed E-state index contributed by atoms with van der Waals surface area (Å²) < 4.78 is 6.76. The summed E-state index contributed by atoms with van der Waals surface area (Å²) in [5.41, 5.74) is 1.06. The van der Waals surface area contributed by atoms with E-state index in [1.165, 1.54) is 24.0 Å². The molecule has 3 nitrogen and oxygen atoms in total. The first-order valence-corrected chi connectivity index (χ1v) is 8.82. The zero-order valence-corrected chi connectivity index (χ0v) is 13.9. The lowest BCUT2D eigenvalue weighted by Gasteiger charge is -2.20. The molecule has 4 heteroatoms. The number of thiazole rings is 1. The van der Waals surface area contributed by atoms with Crippen molar-refractivity contribution in [3.63, 3.8) is 0 Å². The minimum absolute atomic E-state index is 0.571. The van der Waals surface area contributed by atoms with Gasteiger partial charge in [-0.25, -0.2) is 4.98 Å². The summed E-state index contributed by atoms with van der Waals surface area (Å²) in [4.78, 5) is 4.71. The molecule has 0 radical (unpaired) electrons. The van der Waals surface area contributed by atoms with Crippen LogP contribution in [-0.2, 0) is 0 Å². The lowest BCUT2D eigenvalue weighted by atomic mass is 9.94. The van der Waals surface area contributed by atoms with E-state index in [2.05, 4.69) is 31.3 Å². The van der Waals surface area contributed by atoms with Crippen molar-refractivity contribution in [3.8, 4) is 5.75 Å². The predicted molar refractivity (Wildman–Crippen MR) is 90.4 cm³/mol. The molecule has 1 fully saturated rings. The topological polar surface area (TPSA) is 34.1 Å². The van der Waals surface area contributed by atoms with E-state index in [9.17, 15) is 0 Å². The Balaban J connectivity index is 1.75. The molecule has 1 aromatic carbocycles. The highest BCUT2D eigenvalue weighted by molar-refractivity contribution is 7.22. The molecule has 1 aromatic heterocycles. The van der Waals surface area contributed by atoms with Gasteiger partial charge >= 0.3 is 0 Å². The minimum atomic E-state index is 0.571. The number of benzene rings is 1. The quantitative estimate of drug-likeness (QED) is 0.850. The van der Waals surface area contributed by atoms with Gasteiger partial charge in [0.2, 0.25) is 0 Å². The maximum Gasteiger partial charge on any atom is 0.184 e. The van der Waals surface area contributed by atoms with Crippen molar-refractivity contribution >= 4 is 26.7 Å². The van der Waals surface area contributed by atoms with Gasteiger partial charge in [-0.3, -0.25) is 0 Å². The summed E-state index contributed by atoms with van der Waals surface area (Å²) in [6.45, 7) is 7.39. The SMILES string of the molecule is CCOc1ccc2nc(NC3CCC(CC)C3C)sc2c1. The van der Waals surface area contributed by atoms with Crippen LogP contribution < -0.4 is 10.1 Å². The molecule has 3 unspecified atom stereocenters. The maximum absolute atomic E-state index is 5.56. The van der Waals surface area contributed by atoms with Gasteiger partial charge in [-0.1, -0.05) is 31.6 Å². The molecule has 1 N–H and O–H groups in total. The monoisotopic (exact) mass is 304 g/mol. The Morgan fingerprint density at radius 2 is 2.19 bits per heavy atom. The van der Waals surface area contributed by atoms with Crippen molar-refractivity contribution in [2.24, 2.45) is 11.8 Å². The van der Waals surface area contributed by atoms with Crippen LogP contribution in [0.4, 0.5) is 5.13 Å². The molecule has 0 saturated heterocycles. The molecule has 0 amide bonds. The van der Waals surface area contributed by atoms with Crippen LogP contribution in [-0.4, -0.2) is 17.6 Å². The molecule has 3 atom stereocenters. The lowest BCUT2D eigenvalue weighted by Crippen LogP contribution is -2.24. The summed E-state index contributed by atoms with van der Waals surface area (Å²) in [6, 6.07) is 6.71. The number of nitrogens with one attached hydrogen (secondary N) is 1. The van der Waals surface area contributed by atoms with Gasteiger partial charge in [-0.2, -0.15) is 0 Å². The van der Waals surface area contributed by atoms with Gasteiger partial charge in [0.25, 0.3) is 0 Å². The van der Waals surface area contributed by atoms with E-state index < -0.39 is 0 Å². The van der Waals surface area contributed by atoms with Gasteiger partial charge in [0.1, 0.15) is 5.75 Å². The molecule has 0 bridgehead atoms. The van der Waals surface area contributed by atoms with E-state index in [1.54, 1.807) is 11.3 Å². The largest absolute Gasteiger partial charge is 0.494 e. The first-order valence-electron chi connectivity index (χ1n) is 8.01. The number of hydrogen-bond donors (Lipinski definition) is 1. The molecular weight excluding hydrogens is 280 g/mol.